The predicted octanol–water partition coefficient (Wildman–Crippen LogP) is 7.86. The first-order chi connectivity index (χ1) is 18.4. The average molecular weight is 549 g/mol. The molecular formula is C30H27Cl2FN4O. The van der Waals surface area contributed by atoms with E-state index in [9.17, 15) is 9.18 Å². The largest absolute Gasteiger partial charge is 0.343 e. The number of pyridine rings is 1. The minimum absolute atomic E-state index is 0.273. The van der Waals surface area contributed by atoms with Crippen molar-refractivity contribution in [1.29, 1.82) is 0 Å². The number of nitrogens with zero attached hydrogens (tertiary/aromatic N) is 3. The maximum Gasteiger partial charge on any atom is 0.272 e. The molecule has 1 aliphatic rings. The second-order valence-corrected chi connectivity index (χ2v) is 10.3. The third kappa shape index (κ3) is 5.66. The molecule has 0 saturated heterocycles. The highest BCUT2D eigenvalue weighted by Crippen LogP contribution is 2.36. The molecule has 0 spiro atoms. The van der Waals surface area contributed by atoms with Crippen molar-refractivity contribution in [2.24, 2.45) is 0 Å². The second-order valence-electron chi connectivity index (χ2n) is 9.41. The summed E-state index contributed by atoms with van der Waals surface area (Å²) in [5, 5.41) is 8.85. The SMILES string of the molecule is C[C@@H](NC(=O)c1nn(-c2ccc(Cl)cc2Cl)c2c1CCCCC/C2=C\c1ccc(F)cc1)c1ccccn1. The van der Waals surface area contributed by atoms with Gasteiger partial charge in [-0.2, -0.15) is 5.10 Å². The Bertz CT molecular complexity index is 1480. The summed E-state index contributed by atoms with van der Waals surface area (Å²) in [5.41, 5.74) is 5.36. The molecule has 5 rings (SSSR count). The lowest BCUT2D eigenvalue weighted by Gasteiger charge is -2.18. The highest BCUT2D eigenvalue weighted by molar-refractivity contribution is 6.35. The van der Waals surface area contributed by atoms with Gasteiger partial charge in [0.2, 0.25) is 0 Å². The van der Waals surface area contributed by atoms with E-state index in [1.807, 2.05) is 37.3 Å². The molecule has 0 bridgehead atoms. The van der Waals surface area contributed by atoms with Crippen molar-refractivity contribution in [2.75, 3.05) is 0 Å². The molecule has 0 unspecified atom stereocenters. The molecular weight excluding hydrogens is 522 g/mol. The summed E-state index contributed by atoms with van der Waals surface area (Å²) >= 11 is 12.8. The number of fused-ring (bicyclic) bond motifs is 1. The Morgan fingerprint density at radius 3 is 2.58 bits per heavy atom. The number of halogens is 3. The minimum Gasteiger partial charge on any atom is -0.343 e. The first-order valence-electron chi connectivity index (χ1n) is 12.7. The Labute approximate surface area is 231 Å². The molecule has 0 aliphatic heterocycles. The van der Waals surface area contributed by atoms with Gasteiger partial charge in [-0.3, -0.25) is 9.78 Å². The van der Waals surface area contributed by atoms with Crippen molar-refractivity contribution in [3.63, 3.8) is 0 Å². The van der Waals surface area contributed by atoms with Gasteiger partial charge < -0.3 is 5.32 Å². The molecule has 2 aromatic heterocycles. The summed E-state index contributed by atoms with van der Waals surface area (Å²) in [7, 11) is 0. The lowest BCUT2D eigenvalue weighted by atomic mass is 9.91. The van der Waals surface area contributed by atoms with E-state index in [0.29, 0.717) is 27.8 Å². The summed E-state index contributed by atoms with van der Waals surface area (Å²) in [6.07, 6.45) is 8.19. The second kappa shape index (κ2) is 11.5. The normalized spacial score (nSPS) is 15.4. The van der Waals surface area contributed by atoms with Gasteiger partial charge in [0.05, 0.1) is 28.1 Å². The van der Waals surface area contributed by atoms with Crippen molar-refractivity contribution < 1.29 is 9.18 Å². The van der Waals surface area contributed by atoms with Crippen molar-refractivity contribution in [2.45, 2.75) is 45.1 Å². The van der Waals surface area contributed by atoms with Crippen LogP contribution in [0.4, 0.5) is 4.39 Å². The number of allylic oxidation sites excluding steroid dienone is 1. The van der Waals surface area contributed by atoms with Crippen LogP contribution < -0.4 is 5.32 Å². The predicted molar refractivity (Wildman–Crippen MR) is 150 cm³/mol. The quantitative estimate of drug-likeness (QED) is 0.276. The number of aromatic nitrogens is 3. The van der Waals surface area contributed by atoms with Crippen LogP contribution in [0.25, 0.3) is 17.3 Å². The van der Waals surface area contributed by atoms with E-state index in [-0.39, 0.29) is 17.8 Å². The molecule has 1 N–H and O–H groups in total. The fourth-order valence-corrected chi connectivity index (χ4v) is 5.30. The Hall–Kier alpha value is -3.48. The number of carbonyl (C=O) groups is 1. The molecule has 0 radical (unpaired) electrons. The first kappa shape index (κ1) is 26.1. The monoisotopic (exact) mass is 548 g/mol. The van der Waals surface area contributed by atoms with Gasteiger partial charge in [-0.15, -0.1) is 0 Å². The molecule has 0 saturated carbocycles. The van der Waals surface area contributed by atoms with E-state index >= 15 is 0 Å². The van der Waals surface area contributed by atoms with E-state index in [1.165, 1.54) is 12.1 Å². The van der Waals surface area contributed by atoms with E-state index in [0.717, 1.165) is 53.8 Å². The fourth-order valence-electron chi connectivity index (χ4n) is 4.81. The smallest absolute Gasteiger partial charge is 0.272 e. The number of carbonyl (C=O) groups excluding carboxylic acids is 1. The van der Waals surface area contributed by atoms with E-state index in [2.05, 4.69) is 10.3 Å². The highest BCUT2D eigenvalue weighted by atomic mass is 35.5. The topological polar surface area (TPSA) is 59.8 Å². The Morgan fingerprint density at radius 1 is 1.05 bits per heavy atom. The first-order valence-corrected chi connectivity index (χ1v) is 13.4. The van der Waals surface area contributed by atoms with Gasteiger partial charge in [-0.05, 0) is 92.3 Å². The van der Waals surface area contributed by atoms with Crippen molar-refractivity contribution in [1.82, 2.24) is 20.1 Å². The van der Waals surface area contributed by atoms with Crippen molar-refractivity contribution >= 4 is 40.8 Å². The third-order valence-electron chi connectivity index (χ3n) is 6.70. The van der Waals surface area contributed by atoms with Crippen LogP contribution in [0.3, 0.4) is 0 Å². The number of hydrogen-bond donors (Lipinski definition) is 1. The summed E-state index contributed by atoms with van der Waals surface area (Å²) in [6.45, 7) is 1.90. The van der Waals surface area contributed by atoms with Crippen LogP contribution in [-0.2, 0) is 6.42 Å². The van der Waals surface area contributed by atoms with Crippen LogP contribution in [0, 0.1) is 5.82 Å². The maximum atomic E-state index is 13.7. The molecule has 1 aliphatic carbocycles. The van der Waals surface area contributed by atoms with Gasteiger partial charge >= 0.3 is 0 Å². The zero-order chi connectivity index (χ0) is 26.6. The van der Waals surface area contributed by atoms with Crippen LogP contribution in [0.5, 0.6) is 0 Å². The Morgan fingerprint density at radius 2 is 1.84 bits per heavy atom. The zero-order valence-corrected chi connectivity index (χ0v) is 22.4. The fraction of sp³-hybridized carbons (Fsp3) is 0.233. The zero-order valence-electron chi connectivity index (χ0n) is 20.9. The molecule has 0 fully saturated rings. The van der Waals surface area contributed by atoms with Crippen LogP contribution in [0.1, 0.15) is 71.7 Å². The molecule has 5 nitrogen and oxygen atoms in total. The molecule has 2 aromatic carbocycles. The van der Waals surface area contributed by atoms with E-state index in [1.54, 1.807) is 35.1 Å². The van der Waals surface area contributed by atoms with E-state index in [4.69, 9.17) is 28.3 Å². The Kier molecular flexibility index (Phi) is 7.91. The van der Waals surface area contributed by atoms with Crippen molar-refractivity contribution in [3.05, 3.63) is 111 Å². The number of hydrogen-bond acceptors (Lipinski definition) is 3. The number of benzene rings is 2. The molecule has 38 heavy (non-hydrogen) atoms. The standard InChI is InChI=1S/C30H27Cl2FN4O/c1-19(26-9-5-6-16-34-26)35-30(38)28-24-8-4-2-3-7-21(17-20-10-13-23(33)14-11-20)29(24)37(36-28)27-15-12-22(31)18-25(27)32/h5-6,9-19H,2-4,7-8H2,1H3,(H,35,38)/b21-17+/t19-/m1/s1. The summed E-state index contributed by atoms with van der Waals surface area (Å²) in [6, 6.07) is 16.9. The number of amides is 1. The Balaban J connectivity index is 1.66. The van der Waals surface area contributed by atoms with Crippen LogP contribution in [0.15, 0.2) is 66.9 Å². The van der Waals surface area contributed by atoms with Crippen LogP contribution >= 0.6 is 23.2 Å². The average Bonchev–Trinajstić information content (AvgIpc) is 3.26. The molecule has 4 aromatic rings. The molecule has 1 amide bonds. The summed E-state index contributed by atoms with van der Waals surface area (Å²) in [5.74, 6) is -0.561. The minimum atomic E-state index is -0.300. The van der Waals surface area contributed by atoms with Gasteiger partial charge in [-0.1, -0.05) is 47.8 Å². The molecule has 1 atom stereocenters. The van der Waals surface area contributed by atoms with Crippen LogP contribution in [-0.4, -0.2) is 20.7 Å². The summed E-state index contributed by atoms with van der Waals surface area (Å²) in [4.78, 5) is 18.0. The number of rotatable bonds is 5. The van der Waals surface area contributed by atoms with Crippen LogP contribution in [0.2, 0.25) is 10.0 Å². The van der Waals surface area contributed by atoms with Gasteiger partial charge in [-0.25, -0.2) is 9.07 Å². The lowest BCUT2D eigenvalue weighted by Crippen LogP contribution is -2.28. The molecule has 194 valence electrons. The van der Waals surface area contributed by atoms with Gasteiger partial charge in [0, 0.05) is 16.8 Å². The van der Waals surface area contributed by atoms with Crippen molar-refractivity contribution in [3.8, 4) is 5.69 Å². The van der Waals surface area contributed by atoms with Gasteiger partial charge in [0.25, 0.3) is 5.91 Å². The summed E-state index contributed by atoms with van der Waals surface area (Å²) < 4.78 is 15.4. The number of nitrogens with one attached hydrogen (secondary N) is 1. The third-order valence-corrected chi connectivity index (χ3v) is 7.24. The van der Waals surface area contributed by atoms with Gasteiger partial charge in [0.1, 0.15) is 5.82 Å². The lowest BCUT2D eigenvalue weighted by molar-refractivity contribution is 0.0932. The van der Waals surface area contributed by atoms with Gasteiger partial charge in [0.15, 0.2) is 5.69 Å². The highest BCUT2D eigenvalue weighted by Gasteiger charge is 2.28. The molecule has 2 heterocycles. The maximum absolute atomic E-state index is 13.7. The van der Waals surface area contributed by atoms with E-state index < -0.39 is 0 Å². The molecule has 8 heteroatoms.